The highest BCUT2D eigenvalue weighted by Crippen LogP contribution is 2.22. The molecular weight excluding hydrogens is 138 g/mol. The van der Waals surface area contributed by atoms with Crippen LogP contribution in [-0.4, -0.2) is 36.2 Å². The highest BCUT2D eigenvalue weighted by Gasteiger charge is 2.22. The molecule has 0 saturated carbocycles. The van der Waals surface area contributed by atoms with Gasteiger partial charge in [0.15, 0.2) is 0 Å². The normalized spacial score (nSPS) is 25.8. The molecule has 0 aromatic carbocycles. The van der Waals surface area contributed by atoms with Crippen LogP contribution in [0.5, 0.6) is 0 Å². The topological polar surface area (TPSA) is 23.5 Å². The van der Waals surface area contributed by atoms with Gasteiger partial charge in [0.25, 0.3) is 0 Å². The predicted molar refractivity (Wildman–Crippen MR) is 46.5 cm³/mol. The molecular formula is C9H17NO. The molecule has 0 spiro atoms. The van der Waals surface area contributed by atoms with Gasteiger partial charge in [-0.3, -0.25) is 4.90 Å². The minimum absolute atomic E-state index is 0.239. The first-order valence-corrected chi connectivity index (χ1v) is 4.24. The molecule has 1 N–H and O–H groups in total. The van der Waals surface area contributed by atoms with Crippen LogP contribution in [0.4, 0.5) is 0 Å². The maximum atomic E-state index is 8.70. The number of likely N-dealkylation sites (tertiary alicyclic amines) is 1. The van der Waals surface area contributed by atoms with E-state index in [1.54, 1.807) is 0 Å². The summed E-state index contributed by atoms with van der Waals surface area (Å²) in [4.78, 5) is 2.32. The van der Waals surface area contributed by atoms with Gasteiger partial charge in [0.05, 0.1) is 0 Å². The third-order valence-corrected chi connectivity index (χ3v) is 2.42. The second-order valence-electron chi connectivity index (χ2n) is 3.27. The minimum atomic E-state index is 0.239. The molecule has 1 rings (SSSR count). The number of aliphatic hydroxyl groups is 1. The first-order valence-electron chi connectivity index (χ1n) is 4.24. The van der Waals surface area contributed by atoms with Crippen LogP contribution in [0.3, 0.4) is 0 Å². The number of nitrogens with zero attached hydrogens (tertiary/aromatic N) is 1. The van der Waals surface area contributed by atoms with E-state index < -0.39 is 0 Å². The van der Waals surface area contributed by atoms with Gasteiger partial charge in [0.1, 0.15) is 0 Å². The Balaban J connectivity index is 2.39. The molecule has 0 aliphatic carbocycles. The fraction of sp³-hybridized carbons (Fsp3) is 0.778. The van der Waals surface area contributed by atoms with Crippen molar-refractivity contribution in [3.05, 3.63) is 12.2 Å². The van der Waals surface area contributed by atoms with E-state index in [9.17, 15) is 0 Å². The molecule has 64 valence electrons. The molecule has 11 heavy (non-hydrogen) atoms. The van der Waals surface area contributed by atoms with Crippen molar-refractivity contribution < 1.29 is 5.11 Å². The lowest BCUT2D eigenvalue weighted by Crippen LogP contribution is -2.26. The summed E-state index contributed by atoms with van der Waals surface area (Å²) in [6, 6.07) is 0.530. The van der Waals surface area contributed by atoms with Crippen LogP contribution < -0.4 is 0 Å². The first kappa shape index (κ1) is 8.75. The van der Waals surface area contributed by atoms with Crippen LogP contribution in [0, 0.1) is 0 Å². The first-order chi connectivity index (χ1) is 5.25. The summed E-state index contributed by atoms with van der Waals surface area (Å²) in [6.07, 6.45) is 3.25. The van der Waals surface area contributed by atoms with Crippen molar-refractivity contribution in [1.82, 2.24) is 4.90 Å². The summed E-state index contributed by atoms with van der Waals surface area (Å²) in [7, 11) is 2.13. The van der Waals surface area contributed by atoms with E-state index in [0.29, 0.717) is 6.04 Å². The van der Waals surface area contributed by atoms with Gasteiger partial charge in [0, 0.05) is 12.6 Å². The molecule has 0 aromatic rings. The second-order valence-corrected chi connectivity index (χ2v) is 3.27. The Labute approximate surface area is 68.5 Å². The molecule has 2 nitrogen and oxygen atoms in total. The average molecular weight is 155 g/mol. The molecule has 1 atom stereocenters. The Bertz CT molecular complexity index is 144. The Hall–Kier alpha value is -0.340. The Kier molecular flexibility index (Phi) is 3.09. The van der Waals surface area contributed by atoms with E-state index in [1.165, 1.54) is 25.0 Å². The third-order valence-electron chi connectivity index (χ3n) is 2.42. The lowest BCUT2D eigenvalue weighted by molar-refractivity contribution is 0.281. The standard InChI is InChI=1S/C9H17NO/c1-8(5-7-11)9-4-3-6-10(9)2/h9,11H,1,3-7H2,2H3. The van der Waals surface area contributed by atoms with Crippen LogP contribution in [0.1, 0.15) is 19.3 Å². The van der Waals surface area contributed by atoms with Crippen molar-refractivity contribution in [3.8, 4) is 0 Å². The van der Waals surface area contributed by atoms with Crippen molar-refractivity contribution in [1.29, 1.82) is 0 Å². The summed E-state index contributed by atoms with van der Waals surface area (Å²) in [6.45, 7) is 5.39. The lowest BCUT2D eigenvalue weighted by Gasteiger charge is -2.21. The van der Waals surface area contributed by atoms with Crippen LogP contribution >= 0.6 is 0 Å². The van der Waals surface area contributed by atoms with Crippen molar-refractivity contribution in [2.75, 3.05) is 20.2 Å². The number of hydrogen-bond acceptors (Lipinski definition) is 2. The molecule has 0 bridgehead atoms. The molecule has 0 amide bonds. The average Bonchev–Trinajstić information content (AvgIpc) is 2.36. The maximum Gasteiger partial charge on any atom is 0.0468 e. The van der Waals surface area contributed by atoms with E-state index >= 15 is 0 Å². The van der Waals surface area contributed by atoms with Crippen molar-refractivity contribution >= 4 is 0 Å². The van der Waals surface area contributed by atoms with E-state index in [1.807, 2.05) is 0 Å². The zero-order valence-corrected chi connectivity index (χ0v) is 7.21. The van der Waals surface area contributed by atoms with Crippen LogP contribution in [0.25, 0.3) is 0 Å². The van der Waals surface area contributed by atoms with Gasteiger partial charge in [0.2, 0.25) is 0 Å². The van der Waals surface area contributed by atoms with Gasteiger partial charge in [-0.05, 0) is 32.9 Å². The fourth-order valence-corrected chi connectivity index (χ4v) is 1.74. The number of rotatable bonds is 3. The van der Waals surface area contributed by atoms with Crippen LogP contribution in [-0.2, 0) is 0 Å². The fourth-order valence-electron chi connectivity index (χ4n) is 1.74. The van der Waals surface area contributed by atoms with E-state index in [4.69, 9.17) is 5.11 Å². The van der Waals surface area contributed by atoms with Crippen LogP contribution in [0.15, 0.2) is 12.2 Å². The second kappa shape index (κ2) is 3.88. The van der Waals surface area contributed by atoms with Crippen LogP contribution in [0.2, 0.25) is 0 Å². The largest absolute Gasteiger partial charge is 0.396 e. The molecule has 1 unspecified atom stereocenters. The molecule has 0 radical (unpaired) electrons. The maximum absolute atomic E-state index is 8.70. The molecule has 1 aliphatic rings. The smallest absolute Gasteiger partial charge is 0.0468 e. The van der Waals surface area contributed by atoms with Crippen molar-refractivity contribution in [2.24, 2.45) is 0 Å². The Morgan fingerprint density at radius 3 is 2.91 bits per heavy atom. The molecule has 1 heterocycles. The third kappa shape index (κ3) is 2.04. The quantitative estimate of drug-likeness (QED) is 0.615. The SMILES string of the molecule is C=C(CCO)C1CCCN1C. The lowest BCUT2D eigenvalue weighted by atomic mass is 10.0. The molecule has 1 saturated heterocycles. The minimum Gasteiger partial charge on any atom is -0.396 e. The Morgan fingerprint density at radius 2 is 2.45 bits per heavy atom. The zero-order valence-electron chi connectivity index (χ0n) is 7.21. The number of aliphatic hydroxyl groups excluding tert-OH is 1. The summed E-state index contributed by atoms with van der Waals surface area (Å²) in [5.74, 6) is 0. The van der Waals surface area contributed by atoms with Gasteiger partial charge >= 0.3 is 0 Å². The van der Waals surface area contributed by atoms with Crippen molar-refractivity contribution in [2.45, 2.75) is 25.3 Å². The van der Waals surface area contributed by atoms with E-state index in [-0.39, 0.29) is 6.61 Å². The Morgan fingerprint density at radius 1 is 1.73 bits per heavy atom. The van der Waals surface area contributed by atoms with Crippen molar-refractivity contribution in [3.63, 3.8) is 0 Å². The predicted octanol–water partition coefficient (Wildman–Crippen LogP) is 1.02. The van der Waals surface area contributed by atoms with Gasteiger partial charge in [-0.1, -0.05) is 12.2 Å². The van der Waals surface area contributed by atoms with Gasteiger partial charge in [-0.2, -0.15) is 0 Å². The van der Waals surface area contributed by atoms with E-state index in [2.05, 4.69) is 18.5 Å². The number of likely N-dealkylation sites (N-methyl/N-ethyl adjacent to an activating group) is 1. The molecule has 1 aliphatic heterocycles. The van der Waals surface area contributed by atoms with Gasteiger partial charge < -0.3 is 5.11 Å². The monoisotopic (exact) mass is 155 g/mol. The summed E-state index contributed by atoms with van der Waals surface area (Å²) in [5, 5.41) is 8.70. The number of hydrogen-bond donors (Lipinski definition) is 1. The summed E-state index contributed by atoms with van der Waals surface area (Å²) >= 11 is 0. The highest BCUT2D eigenvalue weighted by molar-refractivity contribution is 5.07. The van der Waals surface area contributed by atoms with Gasteiger partial charge in [-0.25, -0.2) is 0 Å². The van der Waals surface area contributed by atoms with Gasteiger partial charge in [-0.15, -0.1) is 0 Å². The molecule has 2 heteroatoms. The molecule has 0 aromatic heterocycles. The highest BCUT2D eigenvalue weighted by atomic mass is 16.2. The summed E-state index contributed by atoms with van der Waals surface area (Å²) in [5.41, 5.74) is 1.19. The van der Waals surface area contributed by atoms with E-state index in [0.717, 1.165) is 6.42 Å². The zero-order chi connectivity index (χ0) is 8.27. The molecule has 1 fully saturated rings. The summed E-state index contributed by atoms with van der Waals surface area (Å²) < 4.78 is 0.